The van der Waals surface area contributed by atoms with Crippen LogP contribution in [0.25, 0.3) is 11.0 Å². The van der Waals surface area contributed by atoms with Crippen LogP contribution in [0.3, 0.4) is 0 Å². The first-order valence-corrected chi connectivity index (χ1v) is 10.3. The lowest BCUT2D eigenvalue weighted by atomic mass is 10.0. The molecular formula is C25H24O5. The van der Waals surface area contributed by atoms with Gasteiger partial charge in [-0.25, -0.2) is 4.79 Å². The van der Waals surface area contributed by atoms with Gasteiger partial charge in [0.2, 0.25) is 0 Å². The van der Waals surface area contributed by atoms with Crippen molar-refractivity contribution in [1.29, 1.82) is 0 Å². The number of Topliss-reactive ketones (excluding diaryl/α,β-unsaturated/α-hetero) is 1. The minimum atomic E-state index is -0.483. The fourth-order valence-electron chi connectivity index (χ4n) is 3.94. The Morgan fingerprint density at radius 3 is 2.57 bits per heavy atom. The van der Waals surface area contributed by atoms with Crippen LogP contribution >= 0.6 is 0 Å². The molecule has 0 N–H and O–H groups in total. The van der Waals surface area contributed by atoms with E-state index >= 15 is 0 Å². The molecule has 5 heteroatoms. The molecule has 0 fully saturated rings. The number of rotatable bonds is 6. The zero-order chi connectivity index (χ0) is 21.3. The van der Waals surface area contributed by atoms with Crippen molar-refractivity contribution in [2.24, 2.45) is 0 Å². The molecule has 0 saturated carbocycles. The standard InChI is InChI=1S/C25H24O5/c1-15-10-21-20(13-25(28)30-23(21)11-16(15)2)14-29-24(27)9-8-22(26)19-7-6-17-4-3-5-18(17)12-19/h6-7,10-13H,3-5,8-9,14H2,1-2H3. The number of carbonyl (C=O) groups is 2. The molecule has 0 amide bonds. The van der Waals surface area contributed by atoms with E-state index in [1.54, 1.807) is 0 Å². The number of aryl methyl sites for hydroxylation is 4. The molecule has 1 heterocycles. The summed E-state index contributed by atoms with van der Waals surface area (Å²) in [6, 6.07) is 10.9. The van der Waals surface area contributed by atoms with Crippen LogP contribution in [0.15, 0.2) is 45.6 Å². The van der Waals surface area contributed by atoms with E-state index in [4.69, 9.17) is 9.15 Å². The van der Waals surface area contributed by atoms with E-state index in [1.807, 2.05) is 44.2 Å². The number of ketones is 1. The SMILES string of the molecule is Cc1cc2oc(=O)cc(COC(=O)CCC(=O)c3ccc4c(c3)CCC4)c2cc1C. The number of carbonyl (C=O) groups excluding carboxylic acids is 2. The highest BCUT2D eigenvalue weighted by Crippen LogP contribution is 2.24. The van der Waals surface area contributed by atoms with Gasteiger partial charge in [-0.15, -0.1) is 0 Å². The minimum absolute atomic E-state index is 0.00737. The molecule has 0 aliphatic heterocycles. The third-order valence-corrected chi connectivity index (χ3v) is 5.81. The molecule has 0 atom stereocenters. The molecule has 0 bridgehead atoms. The van der Waals surface area contributed by atoms with Crippen LogP contribution < -0.4 is 5.63 Å². The van der Waals surface area contributed by atoms with E-state index in [-0.39, 0.29) is 25.2 Å². The fourth-order valence-corrected chi connectivity index (χ4v) is 3.94. The molecule has 5 nitrogen and oxygen atoms in total. The van der Waals surface area contributed by atoms with Gasteiger partial charge in [-0.1, -0.05) is 12.1 Å². The second-order valence-corrected chi connectivity index (χ2v) is 7.94. The lowest BCUT2D eigenvalue weighted by Gasteiger charge is -2.09. The van der Waals surface area contributed by atoms with E-state index in [9.17, 15) is 14.4 Å². The minimum Gasteiger partial charge on any atom is -0.461 e. The van der Waals surface area contributed by atoms with Crippen LogP contribution in [0.5, 0.6) is 0 Å². The Kier molecular flexibility index (Phi) is 5.53. The Morgan fingerprint density at radius 2 is 1.73 bits per heavy atom. The predicted molar refractivity (Wildman–Crippen MR) is 114 cm³/mol. The molecule has 30 heavy (non-hydrogen) atoms. The molecule has 3 aromatic rings. The Balaban J connectivity index is 1.39. The maximum absolute atomic E-state index is 12.5. The molecule has 1 aliphatic rings. The third-order valence-electron chi connectivity index (χ3n) is 5.81. The molecule has 0 unspecified atom stereocenters. The largest absolute Gasteiger partial charge is 0.461 e. The van der Waals surface area contributed by atoms with E-state index in [0.29, 0.717) is 16.7 Å². The van der Waals surface area contributed by atoms with Gasteiger partial charge in [-0.3, -0.25) is 9.59 Å². The summed E-state index contributed by atoms with van der Waals surface area (Å²) in [6.45, 7) is 3.89. The lowest BCUT2D eigenvalue weighted by molar-refractivity contribution is -0.144. The van der Waals surface area contributed by atoms with Crippen LogP contribution in [0, 0.1) is 13.8 Å². The summed E-state index contributed by atoms with van der Waals surface area (Å²) in [4.78, 5) is 36.5. The predicted octanol–water partition coefficient (Wildman–Crippen LogP) is 4.60. The molecule has 0 radical (unpaired) electrons. The number of benzene rings is 2. The maximum atomic E-state index is 12.5. The van der Waals surface area contributed by atoms with Gasteiger partial charge in [0.15, 0.2) is 5.78 Å². The number of esters is 1. The van der Waals surface area contributed by atoms with Crippen LogP contribution in [0.2, 0.25) is 0 Å². The monoisotopic (exact) mass is 404 g/mol. The van der Waals surface area contributed by atoms with Crippen LogP contribution in [-0.2, 0) is 29.0 Å². The summed E-state index contributed by atoms with van der Waals surface area (Å²) in [7, 11) is 0. The fraction of sp³-hybridized carbons (Fsp3) is 0.320. The molecule has 0 spiro atoms. The van der Waals surface area contributed by atoms with Gasteiger partial charge >= 0.3 is 11.6 Å². The molecule has 1 aromatic heterocycles. The average Bonchev–Trinajstić information content (AvgIpc) is 3.19. The van der Waals surface area contributed by atoms with Gasteiger partial charge in [-0.05, 0) is 73.6 Å². The van der Waals surface area contributed by atoms with Crippen molar-refractivity contribution in [3.8, 4) is 0 Å². The maximum Gasteiger partial charge on any atom is 0.336 e. The second-order valence-electron chi connectivity index (χ2n) is 7.94. The number of fused-ring (bicyclic) bond motifs is 2. The van der Waals surface area contributed by atoms with E-state index in [1.165, 1.54) is 17.2 Å². The first-order valence-electron chi connectivity index (χ1n) is 10.3. The van der Waals surface area contributed by atoms with Gasteiger partial charge < -0.3 is 9.15 Å². The Morgan fingerprint density at radius 1 is 0.967 bits per heavy atom. The topological polar surface area (TPSA) is 73.6 Å². The quantitative estimate of drug-likeness (QED) is 0.341. The smallest absolute Gasteiger partial charge is 0.336 e. The van der Waals surface area contributed by atoms with Crippen molar-refractivity contribution in [2.75, 3.05) is 0 Å². The van der Waals surface area contributed by atoms with Gasteiger partial charge in [0.1, 0.15) is 12.2 Å². The first kappa shape index (κ1) is 20.1. The highest BCUT2D eigenvalue weighted by Gasteiger charge is 2.16. The number of ether oxygens (including phenoxy) is 1. The Labute approximate surface area is 174 Å². The van der Waals surface area contributed by atoms with Gasteiger partial charge in [0.05, 0.1) is 6.42 Å². The zero-order valence-electron chi connectivity index (χ0n) is 17.2. The third kappa shape index (κ3) is 4.20. The van der Waals surface area contributed by atoms with Crippen LogP contribution in [0.1, 0.15) is 57.4 Å². The lowest BCUT2D eigenvalue weighted by Crippen LogP contribution is -2.10. The Bertz CT molecular complexity index is 1200. The summed E-state index contributed by atoms with van der Waals surface area (Å²) >= 11 is 0. The van der Waals surface area contributed by atoms with E-state index < -0.39 is 11.6 Å². The summed E-state index contributed by atoms with van der Waals surface area (Å²) in [5, 5.41) is 0.750. The van der Waals surface area contributed by atoms with Crippen molar-refractivity contribution in [2.45, 2.75) is 52.6 Å². The molecule has 2 aromatic carbocycles. The average molecular weight is 404 g/mol. The second kappa shape index (κ2) is 8.27. The van der Waals surface area contributed by atoms with E-state index in [0.717, 1.165) is 35.8 Å². The molecule has 1 aliphatic carbocycles. The highest BCUT2D eigenvalue weighted by molar-refractivity contribution is 5.97. The van der Waals surface area contributed by atoms with Gasteiger partial charge in [0.25, 0.3) is 0 Å². The summed E-state index contributed by atoms with van der Waals surface area (Å²) < 4.78 is 10.6. The number of hydrogen-bond acceptors (Lipinski definition) is 5. The summed E-state index contributed by atoms with van der Waals surface area (Å²) in [5.41, 5.74) is 5.88. The zero-order valence-corrected chi connectivity index (χ0v) is 17.2. The van der Waals surface area contributed by atoms with E-state index in [2.05, 4.69) is 0 Å². The van der Waals surface area contributed by atoms with Gasteiger partial charge in [0, 0.05) is 29.0 Å². The van der Waals surface area contributed by atoms with Crippen molar-refractivity contribution in [3.05, 3.63) is 80.2 Å². The van der Waals surface area contributed by atoms with Crippen molar-refractivity contribution in [1.82, 2.24) is 0 Å². The first-order chi connectivity index (χ1) is 14.4. The van der Waals surface area contributed by atoms with Crippen molar-refractivity contribution < 1.29 is 18.7 Å². The molecular weight excluding hydrogens is 380 g/mol. The van der Waals surface area contributed by atoms with Crippen LogP contribution in [0.4, 0.5) is 0 Å². The molecule has 154 valence electrons. The van der Waals surface area contributed by atoms with Crippen molar-refractivity contribution in [3.63, 3.8) is 0 Å². The molecule has 4 rings (SSSR count). The molecule has 0 saturated heterocycles. The number of hydrogen-bond donors (Lipinski definition) is 0. The summed E-state index contributed by atoms with van der Waals surface area (Å²) in [6.07, 6.45) is 3.32. The van der Waals surface area contributed by atoms with Crippen molar-refractivity contribution >= 4 is 22.7 Å². The summed E-state index contributed by atoms with van der Waals surface area (Å²) in [5.74, 6) is -0.520. The Hall–Kier alpha value is -3.21. The van der Waals surface area contributed by atoms with Gasteiger partial charge in [-0.2, -0.15) is 0 Å². The van der Waals surface area contributed by atoms with Crippen LogP contribution in [-0.4, -0.2) is 11.8 Å². The highest BCUT2D eigenvalue weighted by atomic mass is 16.5. The normalized spacial score (nSPS) is 12.7.